The Bertz CT molecular complexity index is 1960. The van der Waals surface area contributed by atoms with Crippen LogP contribution >= 0.6 is 11.8 Å². The number of hydrogen-bond donors (Lipinski definition) is 7. The number of nitrogens with one attached hydrogen (secondary N) is 6. The number of aryl methyl sites for hydroxylation is 2. The van der Waals surface area contributed by atoms with E-state index < -0.39 is 83.7 Å². The molecule has 7 amide bonds. The molecule has 15 nitrogen and oxygen atoms in total. The number of thioether (sulfide) groups is 1. The van der Waals surface area contributed by atoms with Crippen LogP contribution in [0.5, 0.6) is 0 Å². The maximum absolute atomic E-state index is 14.7. The molecule has 4 rings (SSSR count). The summed E-state index contributed by atoms with van der Waals surface area (Å²) >= 11 is 1.52. The molecular formula is C47H63N7O8S. The van der Waals surface area contributed by atoms with Crippen molar-refractivity contribution in [1.82, 2.24) is 36.8 Å². The fourth-order valence-electron chi connectivity index (χ4n) is 7.37. The van der Waals surface area contributed by atoms with E-state index in [2.05, 4.69) is 31.9 Å². The predicted molar refractivity (Wildman–Crippen MR) is 244 cm³/mol. The van der Waals surface area contributed by atoms with Gasteiger partial charge in [-0.3, -0.25) is 24.0 Å². The Morgan fingerprint density at radius 3 is 1.87 bits per heavy atom. The molecular weight excluding hydrogens is 823 g/mol. The summed E-state index contributed by atoms with van der Waals surface area (Å²) in [4.78, 5) is 97.9. The van der Waals surface area contributed by atoms with E-state index in [4.69, 9.17) is 0 Å². The number of aliphatic carboxylic acids is 1. The molecule has 7 N–H and O–H groups in total. The maximum atomic E-state index is 14.7. The van der Waals surface area contributed by atoms with Crippen LogP contribution in [0.4, 0.5) is 4.79 Å². The molecule has 0 spiro atoms. The number of hydrogen-bond acceptors (Lipinski definition) is 8. The Hall–Kier alpha value is -5.90. The molecule has 1 heterocycles. The van der Waals surface area contributed by atoms with Gasteiger partial charge in [-0.05, 0) is 86.0 Å². The lowest BCUT2D eigenvalue weighted by atomic mass is 9.98. The highest BCUT2D eigenvalue weighted by Crippen LogP contribution is 2.16. The molecule has 0 bridgehead atoms. The van der Waals surface area contributed by atoms with Gasteiger partial charge in [0.2, 0.25) is 29.5 Å². The van der Waals surface area contributed by atoms with Crippen molar-refractivity contribution in [3.63, 3.8) is 0 Å². The van der Waals surface area contributed by atoms with Crippen molar-refractivity contribution in [3.8, 4) is 0 Å². The number of benzene rings is 3. The quantitative estimate of drug-likeness (QED) is 0.119. The second kappa shape index (κ2) is 25.9. The molecule has 0 unspecified atom stereocenters. The average Bonchev–Trinajstić information content (AvgIpc) is 3.27. The van der Waals surface area contributed by atoms with Gasteiger partial charge >= 0.3 is 12.0 Å². The normalized spacial score (nSPS) is 21.4. The number of nitrogens with zero attached hydrogens (tertiary/aromatic N) is 1. The van der Waals surface area contributed by atoms with Crippen molar-refractivity contribution in [2.24, 2.45) is 5.92 Å². The largest absolute Gasteiger partial charge is 0.480 e. The van der Waals surface area contributed by atoms with E-state index in [9.17, 15) is 38.7 Å². The third kappa shape index (κ3) is 16.4. The molecule has 3 aromatic carbocycles. The van der Waals surface area contributed by atoms with Gasteiger partial charge in [-0.1, -0.05) is 105 Å². The molecule has 0 radical (unpaired) electrons. The molecule has 6 atom stereocenters. The summed E-state index contributed by atoms with van der Waals surface area (Å²) in [6, 6.07) is 20.2. The molecule has 0 aromatic heterocycles. The monoisotopic (exact) mass is 885 g/mol. The van der Waals surface area contributed by atoms with E-state index in [1.165, 1.54) is 23.7 Å². The van der Waals surface area contributed by atoms with Crippen molar-refractivity contribution < 1.29 is 38.7 Å². The minimum absolute atomic E-state index is 0.00125. The summed E-state index contributed by atoms with van der Waals surface area (Å²) in [5.74, 6) is -3.90. The summed E-state index contributed by atoms with van der Waals surface area (Å²) in [6.45, 7) is 3.67. The fraction of sp³-hybridized carbons (Fsp3) is 0.468. The molecule has 0 saturated carbocycles. The molecule has 16 heteroatoms. The third-order valence-corrected chi connectivity index (χ3v) is 11.7. The molecule has 1 aliphatic heterocycles. The Labute approximate surface area is 374 Å². The van der Waals surface area contributed by atoms with Gasteiger partial charge in [-0.2, -0.15) is 11.8 Å². The first kappa shape index (κ1) is 49.8. The van der Waals surface area contributed by atoms with E-state index in [1.807, 2.05) is 66.9 Å². The van der Waals surface area contributed by atoms with Crippen LogP contribution in [0.25, 0.3) is 0 Å². The van der Waals surface area contributed by atoms with Crippen molar-refractivity contribution in [3.05, 3.63) is 108 Å². The smallest absolute Gasteiger partial charge is 0.326 e. The van der Waals surface area contributed by atoms with Crippen molar-refractivity contribution >= 4 is 53.3 Å². The lowest BCUT2D eigenvalue weighted by Crippen LogP contribution is -2.60. The topological polar surface area (TPSA) is 215 Å². The summed E-state index contributed by atoms with van der Waals surface area (Å²) in [7, 11) is 1.52. The van der Waals surface area contributed by atoms with Crippen molar-refractivity contribution in [2.45, 2.75) is 108 Å². The summed E-state index contributed by atoms with van der Waals surface area (Å²) in [5.41, 5.74) is 2.57. The van der Waals surface area contributed by atoms with Gasteiger partial charge in [0.15, 0.2) is 0 Å². The van der Waals surface area contributed by atoms with Crippen LogP contribution in [0.15, 0.2) is 91.0 Å². The summed E-state index contributed by atoms with van der Waals surface area (Å²) in [6.07, 6.45) is 4.31. The summed E-state index contributed by atoms with van der Waals surface area (Å²) < 4.78 is 0. The number of urea groups is 1. The molecule has 1 fully saturated rings. The Morgan fingerprint density at radius 2 is 1.30 bits per heavy atom. The molecule has 1 saturated heterocycles. The number of carboxylic acid groups (broad SMARTS) is 1. The van der Waals surface area contributed by atoms with Crippen LogP contribution < -0.4 is 31.9 Å². The minimum atomic E-state index is -1.30. The molecule has 3 aromatic rings. The summed E-state index contributed by atoms with van der Waals surface area (Å²) in [5, 5.41) is 26.5. The van der Waals surface area contributed by atoms with Crippen LogP contribution in [0.3, 0.4) is 0 Å². The van der Waals surface area contributed by atoms with E-state index in [1.54, 1.807) is 44.2 Å². The lowest BCUT2D eigenvalue weighted by Gasteiger charge is -2.33. The number of carbonyl (C=O) groups excluding carboxylic acids is 6. The molecule has 1 aliphatic rings. The number of amides is 7. The number of carboxylic acids is 1. The first-order chi connectivity index (χ1) is 30.3. The molecule has 340 valence electrons. The van der Waals surface area contributed by atoms with Crippen LogP contribution in [-0.2, 0) is 48.0 Å². The van der Waals surface area contributed by atoms with E-state index in [0.29, 0.717) is 43.4 Å². The van der Waals surface area contributed by atoms with E-state index >= 15 is 0 Å². The van der Waals surface area contributed by atoms with Crippen molar-refractivity contribution in [1.29, 1.82) is 0 Å². The zero-order chi connectivity index (χ0) is 45.7. The van der Waals surface area contributed by atoms with Crippen LogP contribution in [0, 0.1) is 5.92 Å². The zero-order valence-corrected chi connectivity index (χ0v) is 37.5. The van der Waals surface area contributed by atoms with Gasteiger partial charge in [0.05, 0.1) is 0 Å². The number of rotatable bonds is 15. The first-order valence-corrected chi connectivity index (χ1v) is 23.0. The second-order valence-corrected chi connectivity index (χ2v) is 17.2. The van der Waals surface area contributed by atoms with Gasteiger partial charge in [0.25, 0.3) is 0 Å². The van der Waals surface area contributed by atoms with E-state index in [-0.39, 0.29) is 32.2 Å². The Kier molecular flexibility index (Phi) is 20.5. The first-order valence-electron chi connectivity index (χ1n) is 21.6. The third-order valence-electron chi connectivity index (χ3n) is 11.1. The van der Waals surface area contributed by atoms with Crippen LogP contribution in [0.1, 0.15) is 69.1 Å². The van der Waals surface area contributed by atoms with Gasteiger partial charge in [-0.25, -0.2) is 9.59 Å². The maximum Gasteiger partial charge on any atom is 0.326 e. The fourth-order valence-corrected chi connectivity index (χ4v) is 7.84. The number of likely N-dealkylation sites (N-methyl/N-ethyl adjacent to an activating group) is 1. The standard InChI is InChI=1S/C47H63N7O8S/c1-31(2)40-44(58)50-37(25-23-32-16-8-5-9-17-32)45(59)54(3)39(26-24-33-18-10-6-11-19-33)43(57)49-36(27-29-63-4)41(55)48-28-15-14-22-35(42(56)53-40)51-47(62)52-38(46(60)61)30-34-20-12-7-13-21-34/h5-13,16-21,31,35-40H,14-15,22-30H2,1-4H3,(H,48,55)(H,49,57)(H,50,58)(H,53,56)(H,60,61)(H2,51,52,62)/t35-,36-,37+,38+,39-,40+/m0/s1. The minimum Gasteiger partial charge on any atom is -0.480 e. The van der Waals surface area contributed by atoms with Gasteiger partial charge < -0.3 is 41.9 Å². The van der Waals surface area contributed by atoms with Crippen LogP contribution in [0.2, 0.25) is 0 Å². The van der Waals surface area contributed by atoms with Gasteiger partial charge in [0, 0.05) is 20.0 Å². The highest BCUT2D eigenvalue weighted by Gasteiger charge is 2.36. The zero-order valence-electron chi connectivity index (χ0n) is 36.6. The lowest BCUT2D eigenvalue weighted by molar-refractivity contribution is -0.143. The average molecular weight is 886 g/mol. The molecule has 63 heavy (non-hydrogen) atoms. The van der Waals surface area contributed by atoms with Gasteiger partial charge in [-0.15, -0.1) is 0 Å². The highest BCUT2D eigenvalue weighted by atomic mass is 32.2. The van der Waals surface area contributed by atoms with E-state index in [0.717, 1.165) is 11.1 Å². The molecule has 0 aliphatic carbocycles. The Balaban J connectivity index is 1.67. The Morgan fingerprint density at radius 1 is 0.730 bits per heavy atom. The van der Waals surface area contributed by atoms with Crippen LogP contribution in [-0.4, -0.2) is 113 Å². The predicted octanol–water partition coefficient (Wildman–Crippen LogP) is 3.61. The highest BCUT2D eigenvalue weighted by molar-refractivity contribution is 7.98. The SMILES string of the molecule is CSCC[C@@H]1NC(=O)[C@H](CCc2ccccc2)N(C)C(=O)[C@@H](CCc2ccccc2)NC(=O)[C@@H](C(C)C)NC(=O)[C@@H](NC(=O)N[C@H](Cc2ccccc2)C(=O)O)CCCCNC1=O. The second-order valence-electron chi connectivity index (χ2n) is 16.2. The van der Waals surface area contributed by atoms with Crippen molar-refractivity contribution in [2.75, 3.05) is 25.6 Å². The van der Waals surface area contributed by atoms with Gasteiger partial charge in [0.1, 0.15) is 36.3 Å². The number of carbonyl (C=O) groups is 7.